The molecule has 2 heterocycles. The Bertz CT molecular complexity index is 506. The highest BCUT2D eigenvalue weighted by Gasteiger charge is 2.26. The molecule has 1 aliphatic rings. The molecule has 0 radical (unpaired) electrons. The second-order valence-corrected chi connectivity index (χ2v) is 6.23. The summed E-state index contributed by atoms with van der Waals surface area (Å²) < 4.78 is 6.16. The highest BCUT2D eigenvalue weighted by molar-refractivity contribution is 9.10. The number of carbonyl (C=O) groups excluding carboxylic acids is 1. The van der Waals surface area contributed by atoms with Gasteiger partial charge in [-0.3, -0.25) is 0 Å². The summed E-state index contributed by atoms with van der Waals surface area (Å²) in [5.74, 6) is 0.647. The zero-order chi connectivity index (χ0) is 14.0. The van der Waals surface area contributed by atoms with E-state index in [1.807, 2.05) is 26.8 Å². The van der Waals surface area contributed by atoms with Crippen molar-refractivity contribution < 1.29 is 9.53 Å². The molecule has 0 bridgehead atoms. The predicted octanol–water partition coefficient (Wildman–Crippen LogP) is 2.87. The molecule has 0 aromatic carbocycles. The number of hydrogen-bond donors (Lipinski definition) is 0. The summed E-state index contributed by atoms with van der Waals surface area (Å²) in [6.45, 7) is 6.58. The van der Waals surface area contributed by atoms with E-state index in [0.717, 1.165) is 10.0 Å². The van der Waals surface area contributed by atoms with E-state index in [-0.39, 0.29) is 6.09 Å². The molecule has 0 unspecified atom stereocenters. The third-order valence-electron chi connectivity index (χ3n) is 2.48. The van der Waals surface area contributed by atoms with E-state index in [1.54, 1.807) is 17.3 Å². The molecular weight excluding hydrogens is 310 g/mol. The van der Waals surface area contributed by atoms with Crippen LogP contribution in [0.1, 0.15) is 26.6 Å². The lowest BCUT2D eigenvalue weighted by Gasteiger charge is -2.24. The predicted molar refractivity (Wildman–Crippen MR) is 75.5 cm³/mol. The average Bonchev–Trinajstić information content (AvgIpc) is 2.77. The maximum Gasteiger partial charge on any atom is 0.410 e. The summed E-state index contributed by atoms with van der Waals surface area (Å²) >= 11 is 3.29. The van der Waals surface area contributed by atoms with E-state index in [4.69, 9.17) is 4.74 Å². The summed E-state index contributed by atoms with van der Waals surface area (Å²) in [7, 11) is 0. The summed E-state index contributed by atoms with van der Waals surface area (Å²) in [5.41, 5.74) is 0.465. The Balaban J connectivity index is 1.99. The normalized spacial score (nSPS) is 15.4. The molecule has 102 valence electrons. The summed E-state index contributed by atoms with van der Waals surface area (Å²) in [5, 5.41) is 0. The van der Waals surface area contributed by atoms with Gasteiger partial charge >= 0.3 is 6.09 Å². The van der Waals surface area contributed by atoms with E-state index in [2.05, 4.69) is 25.9 Å². The molecule has 0 saturated carbocycles. The van der Waals surface area contributed by atoms with E-state index in [1.165, 1.54) is 0 Å². The number of amides is 1. The quantitative estimate of drug-likeness (QED) is 0.796. The monoisotopic (exact) mass is 325 g/mol. The Morgan fingerprint density at radius 3 is 2.58 bits per heavy atom. The van der Waals surface area contributed by atoms with Gasteiger partial charge in [0, 0.05) is 24.5 Å². The maximum atomic E-state index is 11.9. The fourth-order valence-electron chi connectivity index (χ4n) is 1.66. The molecule has 1 amide bonds. The van der Waals surface area contributed by atoms with Gasteiger partial charge in [0.15, 0.2) is 5.82 Å². The van der Waals surface area contributed by atoms with Crippen molar-refractivity contribution >= 4 is 27.6 Å². The minimum atomic E-state index is -0.478. The van der Waals surface area contributed by atoms with Crippen molar-refractivity contribution in [3.63, 3.8) is 0 Å². The molecular formula is C13H16BrN3O2. The van der Waals surface area contributed by atoms with E-state index < -0.39 is 5.60 Å². The van der Waals surface area contributed by atoms with Gasteiger partial charge in [-0.15, -0.1) is 0 Å². The van der Waals surface area contributed by atoms with Gasteiger partial charge in [-0.25, -0.2) is 14.8 Å². The smallest absolute Gasteiger partial charge is 0.410 e. The Kier molecular flexibility index (Phi) is 3.89. The van der Waals surface area contributed by atoms with Crippen molar-refractivity contribution in [2.75, 3.05) is 13.1 Å². The van der Waals surface area contributed by atoms with Gasteiger partial charge in [-0.2, -0.15) is 0 Å². The molecule has 0 saturated heterocycles. The van der Waals surface area contributed by atoms with Crippen molar-refractivity contribution in [2.45, 2.75) is 26.4 Å². The van der Waals surface area contributed by atoms with Gasteiger partial charge in [-0.1, -0.05) is 6.08 Å². The largest absolute Gasteiger partial charge is 0.444 e. The van der Waals surface area contributed by atoms with Crippen LogP contribution in [0.3, 0.4) is 0 Å². The van der Waals surface area contributed by atoms with Crippen LogP contribution in [0.2, 0.25) is 0 Å². The number of rotatable bonds is 1. The third-order valence-corrected chi connectivity index (χ3v) is 2.89. The molecule has 1 aromatic heterocycles. The van der Waals surface area contributed by atoms with Crippen LogP contribution in [0.4, 0.5) is 4.79 Å². The van der Waals surface area contributed by atoms with Gasteiger partial charge in [0.2, 0.25) is 0 Å². The molecule has 0 atom stereocenters. The number of halogens is 1. The first-order valence-electron chi connectivity index (χ1n) is 6.00. The number of carbonyl (C=O) groups is 1. The van der Waals surface area contributed by atoms with Crippen molar-refractivity contribution in [1.29, 1.82) is 0 Å². The summed E-state index contributed by atoms with van der Waals surface area (Å²) in [6.07, 6.45) is 5.03. The first kappa shape index (κ1) is 14.0. The standard InChI is InChI=1S/C13H16BrN3O2/c1-13(2,3)19-12(18)17-5-4-9(8-17)11-15-6-10(14)7-16-11/h4,6-7H,5,8H2,1-3H3. The molecule has 1 aromatic rings. The maximum absolute atomic E-state index is 11.9. The molecule has 0 aliphatic carbocycles. The number of hydrogen-bond acceptors (Lipinski definition) is 4. The van der Waals surface area contributed by atoms with Crippen molar-refractivity contribution in [2.24, 2.45) is 0 Å². The van der Waals surface area contributed by atoms with E-state index in [9.17, 15) is 4.79 Å². The second-order valence-electron chi connectivity index (χ2n) is 5.32. The number of aromatic nitrogens is 2. The molecule has 19 heavy (non-hydrogen) atoms. The first-order valence-corrected chi connectivity index (χ1v) is 6.79. The highest BCUT2D eigenvalue weighted by atomic mass is 79.9. The van der Waals surface area contributed by atoms with Crippen LogP contribution >= 0.6 is 15.9 Å². The first-order chi connectivity index (χ1) is 8.85. The average molecular weight is 326 g/mol. The Morgan fingerprint density at radius 2 is 2.00 bits per heavy atom. The van der Waals surface area contributed by atoms with Crippen LogP contribution in [-0.4, -0.2) is 39.7 Å². The van der Waals surface area contributed by atoms with Crippen molar-refractivity contribution in [3.8, 4) is 0 Å². The molecule has 0 spiro atoms. The highest BCUT2D eigenvalue weighted by Crippen LogP contribution is 2.20. The number of nitrogens with zero attached hydrogens (tertiary/aromatic N) is 3. The van der Waals surface area contributed by atoms with Gasteiger partial charge < -0.3 is 9.64 Å². The Labute approximate surface area is 120 Å². The van der Waals surface area contributed by atoms with Crippen LogP contribution in [0.5, 0.6) is 0 Å². The van der Waals surface area contributed by atoms with Crippen LogP contribution in [-0.2, 0) is 4.74 Å². The molecule has 1 aliphatic heterocycles. The van der Waals surface area contributed by atoms with Crippen LogP contribution in [0.25, 0.3) is 5.57 Å². The van der Waals surface area contributed by atoms with Gasteiger partial charge in [0.25, 0.3) is 0 Å². The fourth-order valence-corrected chi connectivity index (χ4v) is 1.87. The van der Waals surface area contributed by atoms with Crippen molar-refractivity contribution in [1.82, 2.24) is 14.9 Å². The molecule has 5 nitrogen and oxygen atoms in total. The molecule has 2 rings (SSSR count). The van der Waals surface area contributed by atoms with Crippen LogP contribution in [0.15, 0.2) is 22.9 Å². The molecule has 0 fully saturated rings. The van der Waals surface area contributed by atoms with E-state index >= 15 is 0 Å². The SMILES string of the molecule is CC(C)(C)OC(=O)N1CC=C(c2ncc(Br)cn2)C1. The minimum Gasteiger partial charge on any atom is -0.444 e. The zero-order valence-corrected chi connectivity index (χ0v) is 12.8. The van der Waals surface area contributed by atoms with Gasteiger partial charge in [-0.05, 0) is 36.7 Å². The Morgan fingerprint density at radius 1 is 1.37 bits per heavy atom. The van der Waals surface area contributed by atoms with Gasteiger partial charge in [0.1, 0.15) is 5.60 Å². The second kappa shape index (κ2) is 5.28. The zero-order valence-electron chi connectivity index (χ0n) is 11.2. The summed E-state index contributed by atoms with van der Waals surface area (Å²) in [4.78, 5) is 22.0. The van der Waals surface area contributed by atoms with Crippen molar-refractivity contribution in [3.05, 3.63) is 28.8 Å². The lowest BCUT2D eigenvalue weighted by molar-refractivity contribution is 0.0306. The van der Waals surface area contributed by atoms with Gasteiger partial charge in [0.05, 0.1) is 11.0 Å². The lowest BCUT2D eigenvalue weighted by atomic mass is 10.2. The molecule has 6 heteroatoms. The Hall–Kier alpha value is -1.43. The lowest BCUT2D eigenvalue weighted by Crippen LogP contribution is -2.35. The van der Waals surface area contributed by atoms with Crippen LogP contribution < -0.4 is 0 Å². The topological polar surface area (TPSA) is 55.3 Å². The van der Waals surface area contributed by atoms with E-state index in [0.29, 0.717) is 18.9 Å². The number of ether oxygens (including phenoxy) is 1. The van der Waals surface area contributed by atoms with Crippen LogP contribution in [0, 0.1) is 0 Å². The molecule has 0 N–H and O–H groups in total. The summed E-state index contributed by atoms with van der Waals surface area (Å²) in [6, 6.07) is 0. The fraction of sp³-hybridized carbons (Fsp3) is 0.462. The third kappa shape index (κ3) is 3.76. The minimum absolute atomic E-state index is 0.309.